The molecule has 1 fully saturated rings. The molecule has 3 aromatic rings. The first-order valence-electron chi connectivity index (χ1n) is 11.6. The molecule has 1 aliphatic heterocycles. The van der Waals surface area contributed by atoms with Crippen molar-refractivity contribution in [3.05, 3.63) is 76.3 Å². The summed E-state index contributed by atoms with van der Waals surface area (Å²) in [6, 6.07) is 13.4. The molecule has 1 atom stereocenters. The topological polar surface area (TPSA) is 59.8 Å². The molecule has 1 saturated heterocycles. The first kappa shape index (κ1) is 24.9. The van der Waals surface area contributed by atoms with Crippen molar-refractivity contribution in [3.63, 3.8) is 0 Å². The van der Waals surface area contributed by atoms with Crippen molar-refractivity contribution in [2.45, 2.75) is 44.9 Å². The van der Waals surface area contributed by atoms with Crippen LogP contribution >= 0.6 is 23.2 Å². The van der Waals surface area contributed by atoms with Gasteiger partial charge in [-0.05, 0) is 62.6 Å². The molecule has 1 aromatic heterocycles. The van der Waals surface area contributed by atoms with Crippen LogP contribution in [0, 0.1) is 6.92 Å². The van der Waals surface area contributed by atoms with Crippen molar-refractivity contribution in [2.75, 3.05) is 26.3 Å². The Balaban J connectivity index is 1.26. The number of aliphatic hydroxyl groups is 1. The maximum absolute atomic E-state index is 11.1. The van der Waals surface area contributed by atoms with Gasteiger partial charge in [-0.3, -0.25) is 4.90 Å². The van der Waals surface area contributed by atoms with Crippen LogP contribution in [0.3, 0.4) is 0 Å². The lowest BCUT2D eigenvalue weighted by Gasteiger charge is -2.27. The summed E-state index contributed by atoms with van der Waals surface area (Å²) in [6.45, 7) is 6.13. The largest absolute Gasteiger partial charge is 0.492 e. The Morgan fingerprint density at radius 2 is 1.88 bits per heavy atom. The lowest BCUT2D eigenvalue weighted by atomic mass is 9.96. The number of rotatable bonds is 9. The van der Waals surface area contributed by atoms with Gasteiger partial charge in [0, 0.05) is 31.5 Å². The van der Waals surface area contributed by atoms with E-state index in [0.29, 0.717) is 35.2 Å². The molecule has 8 heteroatoms. The van der Waals surface area contributed by atoms with Gasteiger partial charge in [0.2, 0.25) is 0 Å². The predicted molar refractivity (Wildman–Crippen MR) is 135 cm³/mol. The lowest BCUT2D eigenvalue weighted by molar-refractivity contribution is -0.0168. The van der Waals surface area contributed by atoms with Gasteiger partial charge in [0.15, 0.2) is 0 Å². The van der Waals surface area contributed by atoms with E-state index >= 15 is 0 Å². The van der Waals surface area contributed by atoms with E-state index in [1.165, 1.54) is 5.56 Å². The minimum atomic E-state index is -0.864. The second kappa shape index (κ2) is 11.5. The summed E-state index contributed by atoms with van der Waals surface area (Å²) < 4.78 is 13.9. The van der Waals surface area contributed by atoms with Gasteiger partial charge in [0.1, 0.15) is 30.5 Å². The first-order valence-corrected chi connectivity index (χ1v) is 12.4. The van der Waals surface area contributed by atoms with E-state index < -0.39 is 5.60 Å². The highest BCUT2D eigenvalue weighted by molar-refractivity contribution is 6.42. The third-order valence-corrected chi connectivity index (χ3v) is 6.98. The Labute approximate surface area is 211 Å². The molecule has 182 valence electrons. The maximum Gasteiger partial charge on any atom is 0.121 e. The molecule has 0 amide bonds. The van der Waals surface area contributed by atoms with Gasteiger partial charge in [-0.25, -0.2) is 4.98 Å². The molecular weight excluding hydrogens is 473 g/mol. The van der Waals surface area contributed by atoms with E-state index in [1.807, 2.05) is 25.3 Å². The van der Waals surface area contributed by atoms with Crippen molar-refractivity contribution in [2.24, 2.45) is 0 Å². The van der Waals surface area contributed by atoms with Gasteiger partial charge in [-0.15, -0.1) is 0 Å². The number of halogens is 2. The quantitative estimate of drug-likeness (QED) is 0.425. The molecule has 0 bridgehead atoms. The molecule has 0 saturated carbocycles. The van der Waals surface area contributed by atoms with Gasteiger partial charge < -0.3 is 19.1 Å². The van der Waals surface area contributed by atoms with Crippen molar-refractivity contribution in [1.29, 1.82) is 0 Å². The highest BCUT2D eigenvalue weighted by atomic mass is 35.5. The third kappa shape index (κ3) is 6.89. The summed E-state index contributed by atoms with van der Waals surface area (Å²) in [5.41, 5.74) is 0.339. The highest BCUT2D eigenvalue weighted by Crippen LogP contribution is 2.29. The maximum atomic E-state index is 11.1. The van der Waals surface area contributed by atoms with Crippen LogP contribution in [-0.4, -0.2) is 51.5 Å². The second-order valence-corrected chi connectivity index (χ2v) is 9.70. The number of imidazole rings is 1. The van der Waals surface area contributed by atoms with Crippen LogP contribution in [-0.2, 0) is 13.1 Å². The average molecular weight is 504 g/mol. The molecule has 0 aliphatic carbocycles. The van der Waals surface area contributed by atoms with E-state index in [4.69, 9.17) is 32.7 Å². The molecule has 6 nitrogen and oxygen atoms in total. The van der Waals surface area contributed by atoms with Crippen LogP contribution in [0.1, 0.15) is 30.7 Å². The van der Waals surface area contributed by atoms with Crippen molar-refractivity contribution < 1.29 is 14.6 Å². The molecular formula is C26H31Cl2N3O3. The molecule has 1 aliphatic rings. The van der Waals surface area contributed by atoms with Crippen LogP contribution in [0.25, 0.3) is 0 Å². The standard InChI is InChI=1S/C26H31Cl2N3O3/c1-20-29-10-13-31(20)14-15-33-22-5-2-4-21(16-22)18-30-11-3-8-26(32,9-12-30)19-34-23-6-7-24(27)25(28)17-23/h2,4-7,10,13,16-17,32H,3,8-9,11-12,14-15,18-19H2,1H3/t26-/m0/s1. The van der Waals surface area contributed by atoms with Crippen molar-refractivity contribution in [3.8, 4) is 11.5 Å². The Morgan fingerprint density at radius 3 is 2.68 bits per heavy atom. The second-order valence-electron chi connectivity index (χ2n) is 8.88. The fraction of sp³-hybridized carbons (Fsp3) is 0.423. The minimum Gasteiger partial charge on any atom is -0.492 e. The Kier molecular flexibility index (Phi) is 8.37. The fourth-order valence-electron chi connectivity index (χ4n) is 4.22. The number of hydrogen-bond acceptors (Lipinski definition) is 5. The zero-order valence-electron chi connectivity index (χ0n) is 19.4. The molecule has 2 aromatic carbocycles. The summed E-state index contributed by atoms with van der Waals surface area (Å²) in [7, 11) is 0. The van der Waals surface area contributed by atoms with Crippen molar-refractivity contribution >= 4 is 23.2 Å². The zero-order chi connectivity index (χ0) is 24.0. The van der Waals surface area contributed by atoms with Gasteiger partial charge >= 0.3 is 0 Å². The van der Waals surface area contributed by atoms with Gasteiger partial charge in [-0.1, -0.05) is 35.3 Å². The SMILES string of the molecule is Cc1nccn1CCOc1cccc(CN2CCC[C@@](O)(COc3ccc(Cl)c(Cl)c3)CC2)c1. The van der Waals surface area contributed by atoms with Gasteiger partial charge in [0.05, 0.1) is 22.2 Å². The summed E-state index contributed by atoms with van der Waals surface area (Å²) >= 11 is 12.0. The Hall–Kier alpha value is -2.25. The minimum absolute atomic E-state index is 0.235. The summed E-state index contributed by atoms with van der Waals surface area (Å²) in [5, 5.41) is 12.1. The third-order valence-electron chi connectivity index (χ3n) is 6.24. The number of aryl methyl sites for hydroxylation is 1. The van der Waals surface area contributed by atoms with E-state index in [-0.39, 0.29) is 6.61 Å². The number of ether oxygens (including phenoxy) is 2. The lowest BCUT2D eigenvalue weighted by Crippen LogP contribution is -2.37. The summed E-state index contributed by atoms with van der Waals surface area (Å²) in [6.07, 6.45) is 6.01. The van der Waals surface area contributed by atoms with E-state index in [0.717, 1.165) is 44.2 Å². The molecule has 0 radical (unpaired) electrons. The normalized spacial score (nSPS) is 19.1. The van der Waals surface area contributed by atoms with Crippen LogP contribution in [0.2, 0.25) is 10.0 Å². The number of likely N-dealkylation sites (tertiary alicyclic amines) is 1. The van der Waals surface area contributed by atoms with Crippen molar-refractivity contribution in [1.82, 2.24) is 14.5 Å². The van der Waals surface area contributed by atoms with Crippen LogP contribution in [0.15, 0.2) is 54.9 Å². The molecule has 0 spiro atoms. The van der Waals surface area contributed by atoms with Crippen LogP contribution in [0.4, 0.5) is 0 Å². The predicted octanol–water partition coefficient (Wildman–Crippen LogP) is 5.37. The monoisotopic (exact) mass is 503 g/mol. The fourth-order valence-corrected chi connectivity index (χ4v) is 4.50. The van der Waals surface area contributed by atoms with E-state index in [2.05, 4.69) is 26.6 Å². The smallest absolute Gasteiger partial charge is 0.121 e. The number of aromatic nitrogens is 2. The molecule has 2 heterocycles. The first-order chi connectivity index (χ1) is 16.4. The molecule has 1 N–H and O–H groups in total. The number of nitrogens with zero attached hydrogens (tertiary/aromatic N) is 3. The average Bonchev–Trinajstić information content (AvgIpc) is 3.13. The molecule has 34 heavy (non-hydrogen) atoms. The van der Waals surface area contributed by atoms with E-state index in [9.17, 15) is 5.11 Å². The Morgan fingerprint density at radius 1 is 1.03 bits per heavy atom. The summed E-state index contributed by atoms with van der Waals surface area (Å²) in [4.78, 5) is 6.62. The van der Waals surface area contributed by atoms with Crippen LogP contribution in [0.5, 0.6) is 11.5 Å². The Bertz CT molecular complexity index is 1090. The van der Waals surface area contributed by atoms with Gasteiger partial charge in [0.25, 0.3) is 0 Å². The highest BCUT2D eigenvalue weighted by Gasteiger charge is 2.31. The molecule has 4 rings (SSSR count). The van der Waals surface area contributed by atoms with E-state index in [1.54, 1.807) is 24.4 Å². The summed E-state index contributed by atoms with van der Waals surface area (Å²) in [5.74, 6) is 2.47. The van der Waals surface area contributed by atoms with Gasteiger partial charge in [-0.2, -0.15) is 0 Å². The number of hydrogen-bond donors (Lipinski definition) is 1. The number of benzene rings is 2. The van der Waals surface area contributed by atoms with Crippen LogP contribution < -0.4 is 9.47 Å². The molecule has 0 unspecified atom stereocenters. The zero-order valence-corrected chi connectivity index (χ0v) is 20.9.